The number of hydrogen-bond donors (Lipinski definition) is 0. The lowest BCUT2D eigenvalue weighted by molar-refractivity contribution is -0.125. The Kier molecular flexibility index (Phi) is 1.66. The molecule has 1 heterocycles. The Morgan fingerprint density at radius 2 is 1.85 bits per heavy atom. The predicted octanol–water partition coefficient (Wildman–Crippen LogP) is 0.00520. The van der Waals surface area contributed by atoms with Crippen LogP contribution in [0.3, 0.4) is 0 Å². The van der Waals surface area contributed by atoms with Crippen LogP contribution in [-0.4, -0.2) is 19.3 Å². The average Bonchev–Trinajstić information content (AvgIpc) is 2.39. The predicted molar refractivity (Wildman–Crippen MR) is 45.1 cm³/mol. The van der Waals surface area contributed by atoms with E-state index in [1.54, 1.807) is 18.2 Å². The van der Waals surface area contributed by atoms with Gasteiger partial charge in [0.15, 0.2) is 4.86 Å². The fourth-order valence-corrected chi connectivity index (χ4v) is 1.68. The molecule has 1 aromatic carbocycles. The smallest absolute Gasteiger partial charge is 0.360 e. The Morgan fingerprint density at radius 1 is 1.15 bits per heavy atom. The van der Waals surface area contributed by atoms with Gasteiger partial charge in [0, 0.05) is 5.56 Å². The SMILES string of the molecule is O=C1Oc2ccccc2C1=S(=O)=O. The van der Waals surface area contributed by atoms with Crippen molar-refractivity contribution < 1.29 is 17.9 Å². The maximum Gasteiger partial charge on any atom is 0.360 e. The van der Waals surface area contributed by atoms with Gasteiger partial charge in [0.05, 0.1) is 0 Å². The van der Waals surface area contributed by atoms with Gasteiger partial charge in [-0.25, -0.2) is 4.79 Å². The summed E-state index contributed by atoms with van der Waals surface area (Å²) < 4.78 is 26.0. The number of benzene rings is 1. The molecule has 0 N–H and O–H groups in total. The molecule has 5 heteroatoms. The normalized spacial score (nSPS) is 13.8. The molecule has 0 atom stereocenters. The summed E-state index contributed by atoms with van der Waals surface area (Å²) in [5, 5.41) is 0. The lowest BCUT2D eigenvalue weighted by atomic mass is 10.2. The number of fused-ring (bicyclic) bond motifs is 1. The van der Waals surface area contributed by atoms with Gasteiger partial charge in [-0.05, 0) is 12.1 Å². The monoisotopic (exact) mass is 196 g/mol. The summed E-state index contributed by atoms with van der Waals surface area (Å²) in [7, 11) is -2.54. The lowest BCUT2D eigenvalue weighted by Crippen LogP contribution is -2.13. The number of rotatable bonds is 0. The minimum atomic E-state index is -2.54. The Morgan fingerprint density at radius 3 is 2.54 bits per heavy atom. The van der Waals surface area contributed by atoms with Gasteiger partial charge in [-0.2, -0.15) is 8.42 Å². The first-order valence-corrected chi connectivity index (χ1v) is 4.55. The molecular weight excluding hydrogens is 192 g/mol. The van der Waals surface area contributed by atoms with Crippen LogP contribution in [0.5, 0.6) is 5.75 Å². The molecule has 0 saturated heterocycles. The zero-order valence-corrected chi connectivity index (χ0v) is 7.17. The number of hydrogen-bond acceptors (Lipinski definition) is 4. The number of ether oxygens (including phenoxy) is 1. The van der Waals surface area contributed by atoms with Crippen molar-refractivity contribution in [1.29, 1.82) is 0 Å². The fourth-order valence-electron chi connectivity index (χ4n) is 1.16. The zero-order valence-electron chi connectivity index (χ0n) is 6.35. The van der Waals surface area contributed by atoms with Crippen molar-refractivity contribution in [2.75, 3.05) is 0 Å². The molecule has 13 heavy (non-hydrogen) atoms. The molecule has 4 nitrogen and oxygen atoms in total. The van der Waals surface area contributed by atoms with E-state index in [0.29, 0.717) is 11.3 Å². The minimum Gasteiger partial charge on any atom is -0.421 e. The van der Waals surface area contributed by atoms with Crippen molar-refractivity contribution in [1.82, 2.24) is 0 Å². The second kappa shape index (κ2) is 2.70. The molecule has 1 aromatic rings. The molecule has 1 aliphatic rings. The van der Waals surface area contributed by atoms with Crippen molar-refractivity contribution in [2.24, 2.45) is 0 Å². The maximum atomic E-state index is 11.0. The summed E-state index contributed by atoms with van der Waals surface area (Å²) in [6, 6.07) is 6.40. The summed E-state index contributed by atoms with van der Waals surface area (Å²) >= 11 is 0. The van der Waals surface area contributed by atoms with E-state index >= 15 is 0 Å². The first kappa shape index (κ1) is 8.00. The summed E-state index contributed by atoms with van der Waals surface area (Å²) in [4.78, 5) is 10.7. The maximum absolute atomic E-state index is 11.0. The number of esters is 1. The van der Waals surface area contributed by atoms with Crippen LogP contribution in [-0.2, 0) is 15.1 Å². The number of carbonyl (C=O) groups excluding carboxylic acids is 1. The van der Waals surface area contributed by atoms with E-state index in [0.717, 1.165) is 0 Å². The summed E-state index contributed by atoms with van der Waals surface area (Å²) in [6.07, 6.45) is 0. The molecule has 1 aliphatic heterocycles. The van der Waals surface area contributed by atoms with Gasteiger partial charge in [-0.3, -0.25) is 0 Å². The molecule has 0 aromatic heterocycles. The molecule has 0 spiro atoms. The van der Waals surface area contributed by atoms with Crippen LogP contribution in [0.2, 0.25) is 0 Å². The van der Waals surface area contributed by atoms with Gasteiger partial charge in [-0.15, -0.1) is 0 Å². The Balaban J connectivity index is 2.81. The third-order valence-corrected chi connectivity index (χ3v) is 2.41. The second-order valence-electron chi connectivity index (χ2n) is 2.45. The molecule has 0 unspecified atom stereocenters. The van der Waals surface area contributed by atoms with E-state index in [4.69, 9.17) is 4.74 Å². The Hall–Kier alpha value is -1.62. The summed E-state index contributed by atoms with van der Waals surface area (Å²) in [6.45, 7) is 0. The van der Waals surface area contributed by atoms with E-state index < -0.39 is 16.3 Å². The van der Waals surface area contributed by atoms with Crippen molar-refractivity contribution in [3.63, 3.8) is 0 Å². The first-order chi connectivity index (χ1) is 6.20. The molecule has 66 valence electrons. The quantitative estimate of drug-likeness (QED) is 0.333. The van der Waals surface area contributed by atoms with Crippen LogP contribution < -0.4 is 4.74 Å². The molecule has 0 amide bonds. The van der Waals surface area contributed by atoms with Crippen molar-refractivity contribution in [3.05, 3.63) is 29.8 Å². The number of para-hydroxylation sites is 1. The average molecular weight is 196 g/mol. The standard InChI is InChI=1S/C8H4O4S/c9-8-7(13(10)11)5-3-1-2-4-6(5)12-8/h1-4H. The molecule has 0 saturated carbocycles. The third-order valence-electron chi connectivity index (χ3n) is 1.69. The van der Waals surface area contributed by atoms with Crippen LogP contribution >= 0.6 is 0 Å². The first-order valence-electron chi connectivity index (χ1n) is 3.48. The van der Waals surface area contributed by atoms with Crippen LogP contribution in [0.1, 0.15) is 5.56 Å². The van der Waals surface area contributed by atoms with Crippen molar-refractivity contribution in [2.45, 2.75) is 0 Å². The highest BCUT2D eigenvalue weighted by atomic mass is 32.2. The highest BCUT2D eigenvalue weighted by Gasteiger charge is 2.29. The van der Waals surface area contributed by atoms with E-state index in [-0.39, 0.29) is 4.86 Å². The zero-order chi connectivity index (χ0) is 9.42. The topological polar surface area (TPSA) is 60.4 Å². The van der Waals surface area contributed by atoms with Crippen molar-refractivity contribution >= 4 is 21.1 Å². The van der Waals surface area contributed by atoms with Gasteiger partial charge in [-0.1, -0.05) is 12.1 Å². The van der Waals surface area contributed by atoms with E-state index in [2.05, 4.69) is 0 Å². The van der Waals surface area contributed by atoms with E-state index in [1.807, 2.05) is 0 Å². The Bertz CT molecular complexity index is 505. The van der Waals surface area contributed by atoms with Gasteiger partial charge in [0.2, 0.25) is 10.3 Å². The molecule has 2 rings (SSSR count). The van der Waals surface area contributed by atoms with Gasteiger partial charge in [0.1, 0.15) is 5.75 Å². The third kappa shape index (κ3) is 1.13. The minimum absolute atomic E-state index is 0.296. The molecule has 0 aliphatic carbocycles. The van der Waals surface area contributed by atoms with Crippen LogP contribution in [0.4, 0.5) is 0 Å². The van der Waals surface area contributed by atoms with Crippen molar-refractivity contribution in [3.8, 4) is 5.75 Å². The second-order valence-corrected chi connectivity index (χ2v) is 3.33. The van der Waals surface area contributed by atoms with Crippen LogP contribution in [0, 0.1) is 0 Å². The largest absolute Gasteiger partial charge is 0.421 e. The fraction of sp³-hybridized carbons (Fsp3) is 0. The van der Waals surface area contributed by atoms with E-state index in [9.17, 15) is 13.2 Å². The highest BCUT2D eigenvalue weighted by Crippen LogP contribution is 2.24. The van der Waals surface area contributed by atoms with Gasteiger partial charge < -0.3 is 4.74 Å². The lowest BCUT2D eigenvalue weighted by Gasteiger charge is -1.91. The van der Waals surface area contributed by atoms with Crippen LogP contribution in [0.15, 0.2) is 24.3 Å². The molecule has 0 fully saturated rings. The molecular formula is C8H4O4S. The van der Waals surface area contributed by atoms with Gasteiger partial charge in [0.25, 0.3) is 0 Å². The summed E-state index contributed by atoms with van der Waals surface area (Å²) in [5.41, 5.74) is 0.334. The molecule has 0 radical (unpaired) electrons. The van der Waals surface area contributed by atoms with E-state index in [1.165, 1.54) is 6.07 Å². The Labute approximate surface area is 75.3 Å². The van der Waals surface area contributed by atoms with Gasteiger partial charge >= 0.3 is 5.97 Å². The number of carbonyl (C=O) groups is 1. The molecule has 0 bridgehead atoms. The van der Waals surface area contributed by atoms with Crippen LogP contribution in [0.25, 0.3) is 0 Å². The summed E-state index contributed by atoms with van der Waals surface area (Å²) in [5.74, 6) is -0.513. The highest BCUT2D eigenvalue weighted by molar-refractivity contribution is 7.75.